The number of aldehydes is 2. The van der Waals surface area contributed by atoms with Gasteiger partial charge in [-0.1, -0.05) is 0 Å². The first-order valence-corrected chi connectivity index (χ1v) is 0.805. The summed E-state index contributed by atoms with van der Waals surface area (Å²) in [7, 11) is 0. The third kappa shape index (κ3) is 13.2. The second-order valence-electron chi connectivity index (χ2n) is 0.272. The molecule has 0 rings (SSSR count). The molecule has 5 heavy (non-hydrogen) atoms. The maximum atomic E-state index is 8.81. The topological polar surface area (TPSA) is 34.1 Å². The van der Waals surface area contributed by atoms with Crippen molar-refractivity contribution in [1.82, 2.24) is 0 Å². The van der Waals surface area contributed by atoms with Gasteiger partial charge in [0.05, 0.1) is 0 Å². The summed E-state index contributed by atoms with van der Waals surface area (Å²) in [6.45, 7) is 0. The van der Waals surface area contributed by atoms with Crippen LogP contribution < -0.4 is 0 Å². The molecule has 0 bridgehead atoms. The van der Waals surface area contributed by atoms with Crippen molar-refractivity contribution in [2.24, 2.45) is 0 Å². The van der Waals surface area contributed by atoms with Gasteiger partial charge in [0.15, 0.2) is 12.6 Å². The fraction of sp³-hybridized carbons (Fsp3) is 0. The molecule has 2 nitrogen and oxygen atoms in total. The Bertz CT molecular complexity index is 28.6. The first kappa shape index (κ1) is 9.02. The van der Waals surface area contributed by atoms with E-state index < -0.39 is 0 Å². The van der Waals surface area contributed by atoms with Crippen molar-refractivity contribution >= 4 is 42.1 Å². The van der Waals surface area contributed by atoms with Crippen molar-refractivity contribution in [3.63, 3.8) is 0 Å². The van der Waals surface area contributed by atoms with Crippen LogP contribution in [0.25, 0.3) is 0 Å². The first-order valence-electron chi connectivity index (χ1n) is 0.805. The number of hydrogen-bond acceptors (Lipinski definition) is 2. The summed E-state index contributed by atoms with van der Waals surface area (Å²) in [6, 6.07) is 0. The summed E-state index contributed by atoms with van der Waals surface area (Å²) in [5, 5.41) is 0. The molecule has 0 unspecified atom stereocenters. The Balaban J connectivity index is 0. The predicted octanol–water partition coefficient (Wildman–Crippen LogP) is -0.997. The summed E-state index contributed by atoms with van der Waals surface area (Å²) >= 11 is 0. The van der Waals surface area contributed by atoms with E-state index in [0.717, 1.165) is 0 Å². The van der Waals surface area contributed by atoms with Crippen LogP contribution >= 0.6 is 0 Å². The van der Waals surface area contributed by atoms with Crippen LogP contribution in [0, 0.1) is 0 Å². The van der Waals surface area contributed by atoms with Crippen molar-refractivity contribution in [2.45, 2.75) is 0 Å². The monoisotopic (exact) mass is 81.0 g/mol. The van der Waals surface area contributed by atoms with Crippen LogP contribution in [-0.4, -0.2) is 42.1 Å². The maximum Gasteiger partial charge on any atom is 0.182 e. The second kappa shape index (κ2) is 8.84. The molecular formula is C2H2NaO2. The van der Waals surface area contributed by atoms with Crippen LogP contribution in [0.2, 0.25) is 0 Å². The fourth-order valence-corrected chi connectivity index (χ4v) is 0. The average Bonchev–Trinajstić information content (AvgIpc) is 1.37. The van der Waals surface area contributed by atoms with Crippen LogP contribution in [0.4, 0.5) is 0 Å². The second-order valence-corrected chi connectivity index (χ2v) is 0.272. The smallest absolute Gasteiger partial charge is 0.182 e. The van der Waals surface area contributed by atoms with Crippen molar-refractivity contribution in [3.8, 4) is 0 Å². The van der Waals surface area contributed by atoms with E-state index in [1.165, 1.54) is 0 Å². The molecular weight excluding hydrogens is 79.0 g/mol. The molecule has 0 fully saturated rings. The van der Waals surface area contributed by atoms with Gasteiger partial charge in [0, 0.05) is 29.6 Å². The third-order valence-electron chi connectivity index (χ3n) is 0.0556. The Labute approximate surface area is 51.8 Å². The third-order valence-corrected chi connectivity index (χ3v) is 0.0556. The summed E-state index contributed by atoms with van der Waals surface area (Å²) < 4.78 is 0. The van der Waals surface area contributed by atoms with E-state index in [2.05, 4.69) is 0 Å². The van der Waals surface area contributed by atoms with Crippen LogP contribution in [0.1, 0.15) is 0 Å². The van der Waals surface area contributed by atoms with Crippen LogP contribution in [0.15, 0.2) is 0 Å². The largest absolute Gasteiger partial charge is 0.295 e. The Hall–Kier alpha value is 0.340. The molecule has 0 spiro atoms. The van der Waals surface area contributed by atoms with Gasteiger partial charge >= 0.3 is 0 Å². The van der Waals surface area contributed by atoms with E-state index in [1.54, 1.807) is 0 Å². The summed E-state index contributed by atoms with van der Waals surface area (Å²) in [6.07, 6.45) is 0.389. The molecule has 0 aliphatic rings. The number of carbonyl (C=O) groups is 2. The number of hydrogen-bond donors (Lipinski definition) is 0. The summed E-state index contributed by atoms with van der Waals surface area (Å²) in [4.78, 5) is 17.6. The molecule has 0 aromatic carbocycles. The van der Waals surface area contributed by atoms with Crippen LogP contribution in [0.3, 0.4) is 0 Å². The SMILES string of the molecule is O=CC=O.[Na]. The van der Waals surface area contributed by atoms with Crippen molar-refractivity contribution < 1.29 is 9.59 Å². The molecule has 0 heterocycles. The minimum atomic E-state index is 0. The zero-order chi connectivity index (χ0) is 3.41. The van der Waals surface area contributed by atoms with Crippen molar-refractivity contribution in [2.75, 3.05) is 0 Å². The Morgan fingerprint density at radius 1 is 1.00 bits per heavy atom. The first-order chi connectivity index (χ1) is 1.91. The Morgan fingerprint density at radius 2 is 1.20 bits per heavy atom. The average molecular weight is 81.0 g/mol. The van der Waals surface area contributed by atoms with E-state index in [0.29, 0.717) is 0 Å². The zero-order valence-corrected chi connectivity index (χ0v) is 4.97. The predicted molar refractivity (Wildman–Crippen MR) is 17.9 cm³/mol. The van der Waals surface area contributed by atoms with E-state index in [1.807, 2.05) is 0 Å². The quantitative estimate of drug-likeness (QED) is 0.230. The molecule has 0 amide bonds. The molecule has 0 aromatic heterocycles. The van der Waals surface area contributed by atoms with Crippen LogP contribution in [0.5, 0.6) is 0 Å². The molecule has 0 saturated heterocycles. The van der Waals surface area contributed by atoms with E-state index in [9.17, 15) is 0 Å². The van der Waals surface area contributed by atoms with E-state index in [-0.39, 0.29) is 42.1 Å². The fourth-order valence-electron chi connectivity index (χ4n) is 0. The number of carbonyl (C=O) groups excluding carboxylic acids is 2. The van der Waals surface area contributed by atoms with Crippen LogP contribution in [-0.2, 0) is 9.59 Å². The molecule has 0 aliphatic heterocycles. The molecule has 1 radical (unpaired) electrons. The molecule has 0 aromatic rings. The standard InChI is InChI=1S/C2H2O2.Na/c3-1-2-4;/h1-2H;. The van der Waals surface area contributed by atoms with Gasteiger partial charge in [-0.3, -0.25) is 9.59 Å². The van der Waals surface area contributed by atoms with Crippen molar-refractivity contribution in [3.05, 3.63) is 0 Å². The minimum Gasteiger partial charge on any atom is -0.295 e. The summed E-state index contributed by atoms with van der Waals surface area (Å²) in [5.74, 6) is 0. The van der Waals surface area contributed by atoms with Crippen molar-refractivity contribution in [1.29, 1.82) is 0 Å². The molecule has 23 valence electrons. The normalized spacial score (nSPS) is 4.00. The van der Waals surface area contributed by atoms with E-state index in [4.69, 9.17) is 9.59 Å². The zero-order valence-electron chi connectivity index (χ0n) is 2.97. The molecule has 0 atom stereocenters. The maximum absolute atomic E-state index is 8.81. The van der Waals surface area contributed by atoms with Gasteiger partial charge in [-0.05, 0) is 0 Å². The van der Waals surface area contributed by atoms with Gasteiger partial charge in [-0.2, -0.15) is 0 Å². The summed E-state index contributed by atoms with van der Waals surface area (Å²) in [5.41, 5.74) is 0. The van der Waals surface area contributed by atoms with Gasteiger partial charge in [0.1, 0.15) is 0 Å². The molecule has 3 heteroatoms. The minimum absolute atomic E-state index is 0. The Morgan fingerprint density at radius 3 is 1.20 bits per heavy atom. The van der Waals surface area contributed by atoms with Gasteiger partial charge < -0.3 is 0 Å². The molecule has 0 aliphatic carbocycles. The number of rotatable bonds is 1. The van der Waals surface area contributed by atoms with Gasteiger partial charge in [-0.25, -0.2) is 0 Å². The Kier molecular flexibility index (Phi) is 15.9. The van der Waals surface area contributed by atoms with Gasteiger partial charge in [0.25, 0.3) is 0 Å². The van der Waals surface area contributed by atoms with Gasteiger partial charge in [-0.15, -0.1) is 0 Å². The molecule has 0 saturated carbocycles. The van der Waals surface area contributed by atoms with E-state index >= 15 is 0 Å². The van der Waals surface area contributed by atoms with Gasteiger partial charge in [0.2, 0.25) is 0 Å². The molecule has 0 N–H and O–H groups in total.